The van der Waals surface area contributed by atoms with Gasteiger partial charge in [0.05, 0.1) is 16.8 Å². The summed E-state index contributed by atoms with van der Waals surface area (Å²) < 4.78 is 1.94. The van der Waals surface area contributed by atoms with E-state index in [0.29, 0.717) is 16.0 Å². The third-order valence-corrected chi connectivity index (χ3v) is 6.36. The van der Waals surface area contributed by atoms with Crippen molar-refractivity contribution < 1.29 is 0 Å². The lowest BCUT2D eigenvalue weighted by atomic mass is 9.99. The maximum Gasteiger partial charge on any atom is 0.245 e. The van der Waals surface area contributed by atoms with Crippen molar-refractivity contribution in [3.63, 3.8) is 0 Å². The van der Waals surface area contributed by atoms with Crippen LogP contribution in [0.2, 0.25) is 10.0 Å². The third kappa shape index (κ3) is 5.41. The number of halogens is 3. The molecule has 32 heavy (non-hydrogen) atoms. The SMILES string of the molecule is CCCC(c1ccc(C)cc1)N(CCC)c1nc(C2CC2)n(-c2ccc(Cl)cc2Cl)n1.Cl. The number of anilines is 1. The Balaban J connectivity index is 0.00000289. The minimum absolute atomic E-state index is 0. The zero-order valence-electron chi connectivity index (χ0n) is 18.9. The average molecular weight is 494 g/mol. The number of aromatic nitrogens is 3. The average Bonchev–Trinajstić information content (AvgIpc) is 3.51. The van der Waals surface area contributed by atoms with E-state index in [1.807, 2.05) is 16.8 Å². The lowest BCUT2D eigenvalue weighted by molar-refractivity contribution is 0.551. The molecule has 1 atom stereocenters. The van der Waals surface area contributed by atoms with E-state index in [-0.39, 0.29) is 18.4 Å². The molecule has 1 heterocycles. The number of hydrogen-bond donors (Lipinski definition) is 0. The van der Waals surface area contributed by atoms with E-state index in [1.165, 1.54) is 11.1 Å². The molecule has 0 aliphatic heterocycles. The molecule has 0 spiro atoms. The molecule has 1 aliphatic rings. The summed E-state index contributed by atoms with van der Waals surface area (Å²) in [6, 6.07) is 14.7. The van der Waals surface area contributed by atoms with Gasteiger partial charge in [-0.15, -0.1) is 17.5 Å². The fourth-order valence-corrected chi connectivity index (χ4v) is 4.56. The molecule has 7 heteroatoms. The summed E-state index contributed by atoms with van der Waals surface area (Å²) in [6.07, 6.45) is 5.47. The Morgan fingerprint density at radius 3 is 2.38 bits per heavy atom. The summed E-state index contributed by atoms with van der Waals surface area (Å²) in [5.74, 6) is 2.23. The summed E-state index contributed by atoms with van der Waals surface area (Å²) in [6.45, 7) is 7.48. The molecule has 2 aromatic carbocycles. The Labute approximate surface area is 207 Å². The third-order valence-electron chi connectivity index (χ3n) is 5.82. The van der Waals surface area contributed by atoms with E-state index >= 15 is 0 Å². The lowest BCUT2D eigenvalue weighted by Gasteiger charge is -2.31. The van der Waals surface area contributed by atoms with E-state index < -0.39 is 0 Å². The minimum Gasteiger partial charge on any atom is -0.332 e. The van der Waals surface area contributed by atoms with Gasteiger partial charge in [0.15, 0.2) is 0 Å². The summed E-state index contributed by atoms with van der Waals surface area (Å²) >= 11 is 12.7. The Morgan fingerprint density at radius 1 is 1.06 bits per heavy atom. The summed E-state index contributed by atoms with van der Waals surface area (Å²) in [5.41, 5.74) is 3.43. The van der Waals surface area contributed by atoms with Crippen LogP contribution < -0.4 is 4.90 Å². The molecule has 172 valence electrons. The van der Waals surface area contributed by atoms with Crippen molar-refractivity contribution in [3.8, 4) is 5.69 Å². The van der Waals surface area contributed by atoms with E-state index in [1.54, 1.807) is 6.07 Å². The van der Waals surface area contributed by atoms with Crippen molar-refractivity contribution in [2.75, 3.05) is 11.4 Å². The molecule has 0 N–H and O–H groups in total. The second-order valence-electron chi connectivity index (χ2n) is 8.46. The number of benzene rings is 2. The summed E-state index contributed by atoms with van der Waals surface area (Å²) in [4.78, 5) is 7.44. The van der Waals surface area contributed by atoms with Gasteiger partial charge in [0.2, 0.25) is 5.95 Å². The standard InChI is InChI=1S/C25H30Cl2N4.ClH/c1-4-6-22(18-9-7-17(3)8-10-18)30(15-5-2)25-28-24(19-11-12-19)31(29-25)23-14-13-20(26)16-21(23)27;/h7-10,13-14,16,19,22H,4-6,11-12,15H2,1-3H3;1H. The zero-order chi connectivity index (χ0) is 22.0. The van der Waals surface area contributed by atoms with Gasteiger partial charge in [-0.25, -0.2) is 4.68 Å². The van der Waals surface area contributed by atoms with Crippen molar-refractivity contribution >= 4 is 41.6 Å². The van der Waals surface area contributed by atoms with E-state index in [9.17, 15) is 0 Å². The van der Waals surface area contributed by atoms with Gasteiger partial charge in [-0.05, 0) is 56.4 Å². The summed E-state index contributed by atoms with van der Waals surface area (Å²) in [7, 11) is 0. The highest BCUT2D eigenvalue weighted by Crippen LogP contribution is 2.42. The van der Waals surface area contributed by atoms with Gasteiger partial charge in [-0.2, -0.15) is 4.98 Å². The van der Waals surface area contributed by atoms with Gasteiger partial charge in [0.25, 0.3) is 0 Å². The quantitative estimate of drug-likeness (QED) is 0.303. The van der Waals surface area contributed by atoms with Crippen LogP contribution in [-0.2, 0) is 0 Å². The topological polar surface area (TPSA) is 34.0 Å². The van der Waals surface area contributed by atoms with Gasteiger partial charge in [0, 0.05) is 17.5 Å². The Hall–Kier alpha value is -1.75. The lowest BCUT2D eigenvalue weighted by Crippen LogP contribution is -2.30. The van der Waals surface area contributed by atoms with Gasteiger partial charge < -0.3 is 4.90 Å². The zero-order valence-corrected chi connectivity index (χ0v) is 21.2. The molecule has 1 aromatic heterocycles. The number of aryl methyl sites for hydroxylation is 1. The van der Waals surface area contributed by atoms with Gasteiger partial charge in [-0.1, -0.05) is 73.3 Å². The fourth-order valence-electron chi connectivity index (χ4n) is 4.07. The highest BCUT2D eigenvalue weighted by Gasteiger charge is 2.33. The van der Waals surface area contributed by atoms with Crippen LogP contribution in [0, 0.1) is 6.92 Å². The second-order valence-corrected chi connectivity index (χ2v) is 9.30. The molecule has 0 saturated heterocycles. The molecule has 1 unspecified atom stereocenters. The summed E-state index contributed by atoms with van der Waals surface area (Å²) in [5, 5.41) is 6.22. The van der Waals surface area contributed by atoms with Crippen molar-refractivity contribution in [1.82, 2.24) is 14.8 Å². The van der Waals surface area contributed by atoms with Gasteiger partial charge in [0.1, 0.15) is 5.82 Å². The number of rotatable bonds is 9. The van der Waals surface area contributed by atoms with Crippen LogP contribution in [0.15, 0.2) is 42.5 Å². The molecule has 0 amide bonds. The van der Waals surface area contributed by atoms with Crippen LogP contribution in [0.3, 0.4) is 0 Å². The molecular weight excluding hydrogens is 463 g/mol. The molecule has 1 aliphatic carbocycles. The molecule has 4 rings (SSSR count). The van der Waals surface area contributed by atoms with Crippen molar-refractivity contribution in [2.24, 2.45) is 0 Å². The van der Waals surface area contributed by atoms with Crippen molar-refractivity contribution in [1.29, 1.82) is 0 Å². The van der Waals surface area contributed by atoms with E-state index in [0.717, 1.165) is 56.1 Å². The van der Waals surface area contributed by atoms with Crippen LogP contribution >= 0.6 is 35.6 Å². The smallest absolute Gasteiger partial charge is 0.245 e. The van der Waals surface area contributed by atoms with Crippen LogP contribution in [0.1, 0.15) is 74.9 Å². The van der Waals surface area contributed by atoms with Gasteiger partial charge >= 0.3 is 0 Å². The van der Waals surface area contributed by atoms with Crippen LogP contribution in [0.25, 0.3) is 5.69 Å². The van der Waals surface area contributed by atoms with E-state index in [4.69, 9.17) is 33.3 Å². The monoisotopic (exact) mass is 492 g/mol. The predicted octanol–water partition coefficient (Wildman–Crippen LogP) is 7.94. The van der Waals surface area contributed by atoms with Crippen molar-refractivity contribution in [2.45, 2.75) is 64.8 Å². The molecule has 4 nitrogen and oxygen atoms in total. The Bertz CT molecular complexity index is 1030. The van der Waals surface area contributed by atoms with Crippen LogP contribution in [0.5, 0.6) is 0 Å². The largest absolute Gasteiger partial charge is 0.332 e. The van der Waals surface area contributed by atoms with E-state index in [2.05, 4.69) is 49.9 Å². The molecule has 1 fully saturated rings. The van der Waals surface area contributed by atoms with Crippen molar-refractivity contribution in [3.05, 3.63) is 69.5 Å². The molecule has 1 saturated carbocycles. The first-order valence-corrected chi connectivity index (χ1v) is 12.0. The van der Waals surface area contributed by atoms with Gasteiger partial charge in [-0.3, -0.25) is 0 Å². The predicted molar refractivity (Wildman–Crippen MR) is 137 cm³/mol. The number of hydrogen-bond acceptors (Lipinski definition) is 3. The second kappa shape index (κ2) is 10.9. The fraction of sp³-hybridized carbons (Fsp3) is 0.440. The molecule has 0 radical (unpaired) electrons. The maximum atomic E-state index is 6.55. The van der Waals surface area contributed by atoms with Crippen LogP contribution in [-0.4, -0.2) is 21.3 Å². The molecular formula is C25H31Cl3N4. The first-order chi connectivity index (χ1) is 15.0. The molecule has 0 bridgehead atoms. The maximum absolute atomic E-state index is 6.55. The number of nitrogens with zero attached hydrogens (tertiary/aromatic N) is 4. The first kappa shape index (κ1) is 24.9. The Morgan fingerprint density at radius 2 is 1.78 bits per heavy atom. The highest BCUT2D eigenvalue weighted by atomic mass is 35.5. The normalized spacial score (nSPS) is 14.2. The minimum atomic E-state index is 0. The highest BCUT2D eigenvalue weighted by molar-refractivity contribution is 6.35. The van der Waals surface area contributed by atoms with Crippen LogP contribution in [0.4, 0.5) is 5.95 Å². The Kier molecular flexibility index (Phi) is 8.49. The molecule has 3 aromatic rings. The first-order valence-electron chi connectivity index (χ1n) is 11.3.